The van der Waals surface area contributed by atoms with Gasteiger partial charge in [-0.05, 0) is 36.2 Å². The number of nitrogens with zero attached hydrogens (tertiary/aromatic N) is 2. The van der Waals surface area contributed by atoms with E-state index in [0.29, 0.717) is 13.0 Å². The first-order valence-electron chi connectivity index (χ1n) is 9.36. The molecule has 0 bridgehead atoms. The summed E-state index contributed by atoms with van der Waals surface area (Å²) in [4.78, 5) is 28.0. The number of hydrogen-bond donors (Lipinski definition) is 1. The SMILES string of the molecule is O=C1CN(C(=O)c2ccc(OC(F)(F)F)cc2)CC(O)CN1CCc1ccccc1. The maximum Gasteiger partial charge on any atom is 0.573 e. The van der Waals surface area contributed by atoms with Crippen LogP contribution in [0.5, 0.6) is 5.75 Å². The lowest BCUT2D eigenvalue weighted by Gasteiger charge is -2.22. The third-order valence-corrected chi connectivity index (χ3v) is 4.68. The molecule has 1 unspecified atom stereocenters. The molecule has 1 heterocycles. The minimum Gasteiger partial charge on any atom is -0.406 e. The predicted molar refractivity (Wildman–Crippen MR) is 102 cm³/mol. The normalized spacial score (nSPS) is 17.6. The first-order valence-corrected chi connectivity index (χ1v) is 9.36. The number of carbonyl (C=O) groups excluding carboxylic acids is 2. The average Bonchev–Trinajstić information content (AvgIpc) is 2.84. The van der Waals surface area contributed by atoms with Gasteiger partial charge < -0.3 is 19.6 Å². The molecule has 1 atom stereocenters. The molecular formula is C21H21F3N2O4. The van der Waals surface area contributed by atoms with Crippen molar-refractivity contribution in [2.45, 2.75) is 18.9 Å². The van der Waals surface area contributed by atoms with E-state index in [4.69, 9.17) is 0 Å². The predicted octanol–water partition coefficient (Wildman–Crippen LogP) is 2.47. The number of β-amino-alcohol motifs (C(OH)–C–C–N with tert-alkyl or cyclic N) is 1. The van der Waals surface area contributed by atoms with Crippen LogP contribution < -0.4 is 4.74 Å². The first kappa shape index (κ1) is 21.6. The Morgan fingerprint density at radius 3 is 2.37 bits per heavy atom. The number of carbonyl (C=O) groups is 2. The van der Waals surface area contributed by atoms with E-state index in [0.717, 1.165) is 17.7 Å². The summed E-state index contributed by atoms with van der Waals surface area (Å²) in [5.41, 5.74) is 1.15. The highest BCUT2D eigenvalue weighted by Crippen LogP contribution is 2.23. The largest absolute Gasteiger partial charge is 0.573 e. The fraction of sp³-hybridized carbons (Fsp3) is 0.333. The molecular weight excluding hydrogens is 401 g/mol. The third kappa shape index (κ3) is 5.96. The van der Waals surface area contributed by atoms with Crippen molar-refractivity contribution < 1.29 is 32.6 Å². The number of alkyl halides is 3. The zero-order valence-electron chi connectivity index (χ0n) is 16.0. The van der Waals surface area contributed by atoms with Crippen molar-refractivity contribution in [3.8, 4) is 5.75 Å². The van der Waals surface area contributed by atoms with Crippen molar-refractivity contribution in [3.63, 3.8) is 0 Å². The summed E-state index contributed by atoms with van der Waals surface area (Å²) in [5, 5.41) is 10.3. The number of aliphatic hydroxyl groups is 1. The van der Waals surface area contributed by atoms with Crippen LogP contribution in [0.15, 0.2) is 54.6 Å². The molecule has 2 aromatic carbocycles. The molecule has 3 rings (SSSR count). The van der Waals surface area contributed by atoms with E-state index in [1.165, 1.54) is 21.9 Å². The van der Waals surface area contributed by atoms with Gasteiger partial charge in [0.05, 0.1) is 6.10 Å². The Bertz CT molecular complexity index is 872. The molecule has 0 radical (unpaired) electrons. The molecule has 0 spiro atoms. The Kier molecular flexibility index (Phi) is 6.61. The highest BCUT2D eigenvalue weighted by molar-refractivity contribution is 5.96. The van der Waals surface area contributed by atoms with Crippen LogP contribution >= 0.6 is 0 Å². The second-order valence-electron chi connectivity index (χ2n) is 6.99. The van der Waals surface area contributed by atoms with Crippen LogP contribution in [0.2, 0.25) is 0 Å². The molecule has 1 fully saturated rings. The summed E-state index contributed by atoms with van der Waals surface area (Å²) in [6.45, 7) is 0.248. The van der Waals surface area contributed by atoms with E-state index in [1.54, 1.807) is 0 Å². The maximum atomic E-state index is 12.7. The lowest BCUT2D eigenvalue weighted by atomic mass is 10.1. The monoisotopic (exact) mass is 422 g/mol. The van der Waals surface area contributed by atoms with E-state index in [1.807, 2.05) is 30.3 Å². The van der Waals surface area contributed by atoms with Crippen LogP contribution in [0, 0.1) is 0 Å². The van der Waals surface area contributed by atoms with Gasteiger partial charge in [-0.1, -0.05) is 30.3 Å². The topological polar surface area (TPSA) is 70.1 Å². The van der Waals surface area contributed by atoms with Gasteiger partial charge in [0.15, 0.2) is 0 Å². The van der Waals surface area contributed by atoms with Crippen molar-refractivity contribution in [3.05, 3.63) is 65.7 Å². The molecule has 6 nitrogen and oxygen atoms in total. The van der Waals surface area contributed by atoms with Gasteiger partial charge in [0, 0.05) is 25.2 Å². The molecule has 9 heteroatoms. The Morgan fingerprint density at radius 1 is 1.07 bits per heavy atom. The van der Waals surface area contributed by atoms with Gasteiger partial charge in [-0.3, -0.25) is 9.59 Å². The molecule has 1 aliphatic heterocycles. The van der Waals surface area contributed by atoms with Crippen LogP contribution in [0.1, 0.15) is 15.9 Å². The summed E-state index contributed by atoms with van der Waals surface area (Å²) in [5.74, 6) is -1.29. The van der Waals surface area contributed by atoms with E-state index >= 15 is 0 Å². The lowest BCUT2D eigenvalue weighted by molar-refractivity contribution is -0.274. The number of amides is 2. The minimum atomic E-state index is -4.82. The van der Waals surface area contributed by atoms with Crippen molar-refractivity contribution in [2.24, 2.45) is 0 Å². The maximum absolute atomic E-state index is 12.7. The highest BCUT2D eigenvalue weighted by atomic mass is 19.4. The van der Waals surface area contributed by atoms with Crippen LogP contribution in [0.3, 0.4) is 0 Å². The van der Waals surface area contributed by atoms with Gasteiger partial charge in [-0.15, -0.1) is 13.2 Å². The second-order valence-corrected chi connectivity index (χ2v) is 6.99. The van der Waals surface area contributed by atoms with Gasteiger partial charge >= 0.3 is 6.36 Å². The Balaban J connectivity index is 1.64. The molecule has 1 aliphatic rings. The number of hydrogen-bond acceptors (Lipinski definition) is 4. The van der Waals surface area contributed by atoms with Gasteiger partial charge in [0.2, 0.25) is 5.91 Å². The Morgan fingerprint density at radius 2 is 1.73 bits per heavy atom. The molecule has 1 N–H and O–H groups in total. The third-order valence-electron chi connectivity index (χ3n) is 4.68. The smallest absolute Gasteiger partial charge is 0.406 e. The zero-order chi connectivity index (χ0) is 21.7. The van der Waals surface area contributed by atoms with Crippen molar-refractivity contribution in [1.29, 1.82) is 0 Å². The van der Waals surface area contributed by atoms with Gasteiger partial charge in [-0.2, -0.15) is 0 Å². The molecule has 2 aromatic rings. The summed E-state index contributed by atoms with van der Waals surface area (Å²) in [6.07, 6.45) is -5.13. The van der Waals surface area contributed by atoms with Crippen LogP contribution in [-0.2, 0) is 11.2 Å². The van der Waals surface area contributed by atoms with Crippen LogP contribution in [0.25, 0.3) is 0 Å². The number of ether oxygens (including phenoxy) is 1. The summed E-state index contributed by atoms with van der Waals surface area (Å²) in [6, 6.07) is 14.0. The van der Waals surface area contributed by atoms with Crippen LogP contribution in [0.4, 0.5) is 13.2 Å². The fourth-order valence-corrected chi connectivity index (χ4v) is 3.26. The molecule has 2 amide bonds. The summed E-state index contributed by atoms with van der Waals surface area (Å²) < 4.78 is 40.6. The lowest BCUT2D eigenvalue weighted by Crippen LogP contribution is -2.40. The number of benzene rings is 2. The van der Waals surface area contributed by atoms with E-state index in [2.05, 4.69) is 4.74 Å². The summed E-state index contributed by atoms with van der Waals surface area (Å²) in [7, 11) is 0. The number of aliphatic hydroxyl groups excluding tert-OH is 1. The molecule has 160 valence electrons. The standard InChI is InChI=1S/C21H21F3N2O4/c22-21(23,24)30-18-8-6-16(7-9-18)20(29)26-13-17(27)12-25(19(28)14-26)11-10-15-4-2-1-3-5-15/h1-9,17,27H,10-14H2. The Labute approximate surface area is 171 Å². The van der Waals surface area contributed by atoms with E-state index in [-0.39, 0.29) is 31.1 Å². The first-order chi connectivity index (χ1) is 14.2. The molecule has 0 aliphatic carbocycles. The van der Waals surface area contributed by atoms with Gasteiger partial charge in [-0.25, -0.2) is 0 Å². The zero-order valence-corrected chi connectivity index (χ0v) is 16.0. The molecule has 0 aromatic heterocycles. The fourth-order valence-electron chi connectivity index (χ4n) is 3.26. The second kappa shape index (κ2) is 9.17. The average molecular weight is 422 g/mol. The van der Waals surface area contributed by atoms with Gasteiger partial charge in [0.1, 0.15) is 12.3 Å². The van der Waals surface area contributed by atoms with Gasteiger partial charge in [0.25, 0.3) is 5.91 Å². The summed E-state index contributed by atoms with van der Waals surface area (Å²) >= 11 is 0. The van der Waals surface area contributed by atoms with E-state index < -0.39 is 24.1 Å². The minimum absolute atomic E-state index is 0.0484. The number of halogens is 3. The molecule has 30 heavy (non-hydrogen) atoms. The molecule has 1 saturated heterocycles. The van der Waals surface area contributed by atoms with Crippen molar-refractivity contribution >= 4 is 11.8 Å². The van der Waals surface area contributed by atoms with E-state index in [9.17, 15) is 27.9 Å². The Hall–Kier alpha value is -3.07. The van der Waals surface area contributed by atoms with Crippen molar-refractivity contribution in [2.75, 3.05) is 26.2 Å². The molecule has 0 saturated carbocycles. The highest BCUT2D eigenvalue weighted by Gasteiger charge is 2.32. The van der Waals surface area contributed by atoms with Crippen LogP contribution in [-0.4, -0.2) is 65.4 Å². The number of rotatable bonds is 5. The van der Waals surface area contributed by atoms with Crippen molar-refractivity contribution in [1.82, 2.24) is 9.80 Å². The quantitative estimate of drug-likeness (QED) is 0.804.